The maximum atomic E-state index is 13.7. The zero-order valence-corrected chi connectivity index (χ0v) is 12.3. The molecule has 2 heteroatoms. The maximum Gasteiger partial charge on any atom is 0.127 e. The van der Waals surface area contributed by atoms with Crippen LogP contribution in [0.2, 0.25) is 0 Å². The lowest BCUT2D eigenvalue weighted by Crippen LogP contribution is -1.90. The zero-order chi connectivity index (χ0) is 13.7. The van der Waals surface area contributed by atoms with Crippen molar-refractivity contribution in [1.82, 2.24) is 0 Å². The summed E-state index contributed by atoms with van der Waals surface area (Å²) in [5.41, 5.74) is 2.39. The van der Waals surface area contributed by atoms with E-state index in [9.17, 15) is 4.39 Å². The van der Waals surface area contributed by atoms with Gasteiger partial charge in [0.15, 0.2) is 0 Å². The normalized spacial score (nSPS) is 9.84. The summed E-state index contributed by atoms with van der Waals surface area (Å²) in [4.78, 5) is 0. The van der Waals surface area contributed by atoms with Crippen LogP contribution in [0.4, 0.5) is 4.39 Å². The molecular weight excluding hydrogens is 303 g/mol. The van der Waals surface area contributed by atoms with Gasteiger partial charge in [-0.2, -0.15) is 0 Å². The maximum absolute atomic E-state index is 13.7. The van der Waals surface area contributed by atoms with E-state index in [1.165, 1.54) is 6.07 Å². The molecule has 0 fully saturated rings. The number of halogens is 2. The van der Waals surface area contributed by atoms with E-state index < -0.39 is 0 Å². The standard InChI is InChI=1S/C17H14BrF/c1-2-3-15-9-6-14(12-17(15)19)5-4-13-7-10-16(18)11-8-13/h6-12H,2-3H2,1H3. The molecule has 2 aromatic rings. The van der Waals surface area contributed by atoms with E-state index >= 15 is 0 Å². The highest BCUT2D eigenvalue weighted by Crippen LogP contribution is 2.13. The Morgan fingerprint density at radius 2 is 1.63 bits per heavy atom. The van der Waals surface area contributed by atoms with Crippen LogP contribution >= 0.6 is 15.9 Å². The van der Waals surface area contributed by atoms with Gasteiger partial charge in [0.05, 0.1) is 0 Å². The van der Waals surface area contributed by atoms with Crippen LogP contribution in [-0.2, 0) is 6.42 Å². The molecule has 19 heavy (non-hydrogen) atoms. The molecule has 0 saturated carbocycles. The first kappa shape index (κ1) is 13.8. The molecular formula is C17H14BrF. The number of hydrogen-bond donors (Lipinski definition) is 0. The van der Waals surface area contributed by atoms with Crippen LogP contribution in [0, 0.1) is 17.7 Å². The molecule has 0 nitrogen and oxygen atoms in total. The smallest absolute Gasteiger partial charge is 0.127 e. The Bertz CT molecular complexity index is 618. The summed E-state index contributed by atoms with van der Waals surface area (Å²) in [6.45, 7) is 2.04. The van der Waals surface area contributed by atoms with Gasteiger partial charge in [-0.15, -0.1) is 0 Å². The van der Waals surface area contributed by atoms with Gasteiger partial charge in [0.2, 0.25) is 0 Å². The average molecular weight is 317 g/mol. The minimum Gasteiger partial charge on any atom is -0.207 e. The third-order valence-electron chi connectivity index (χ3n) is 2.77. The first-order chi connectivity index (χ1) is 9.19. The fraction of sp³-hybridized carbons (Fsp3) is 0.176. The van der Waals surface area contributed by atoms with E-state index in [1.807, 2.05) is 43.3 Å². The highest BCUT2D eigenvalue weighted by atomic mass is 79.9. The molecule has 0 saturated heterocycles. The third-order valence-corrected chi connectivity index (χ3v) is 3.30. The van der Waals surface area contributed by atoms with Crippen LogP contribution in [0.25, 0.3) is 0 Å². The van der Waals surface area contributed by atoms with Gasteiger partial charge in [0.25, 0.3) is 0 Å². The van der Waals surface area contributed by atoms with Crippen LogP contribution in [-0.4, -0.2) is 0 Å². The van der Waals surface area contributed by atoms with Crippen molar-refractivity contribution in [2.75, 3.05) is 0 Å². The van der Waals surface area contributed by atoms with Crippen LogP contribution in [0.3, 0.4) is 0 Å². The second-order valence-electron chi connectivity index (χ2n) is 4.31. The molecule has 0 aromatic heterocycles. The molecule has 0 aliphatic carbocycles. The van der Waals surface area contributed by atoms with Crippen LogP contribution in [0.1, 0.15) is 30.0 Å². The topological polar surface area (TPSA) is 0 Å². The Hall–Kier alpha value is -1.59. The molecule has 0 N–H and O–H groups in total. The lowest BCUT2D eigenvalue weighted by Gasteiger charge is -2.00. The van der Waals surface area contributed by atoms with E-state index in [4.69, 9.17) is 0 Å². The third kappa shape index (κ3) is 3.94. The Morgan fingerprint density at radius 3 is 2.26 bits per heavy atom. The molecule has 0 aliphatic rings. The highest BCUT2D eigenvalue weighted by molar-refractivity contribution is 9.10. The number of hydrogen-bond acceptors (Lipinski definition) is 0. The Morgan fingerprint density at radius 1 is 1.00 bits per heavy atom. The highest BCUT2D eigenvalue weighted by Gasteiger charge is 2.01. The van der Waals surface area contributed by atoms with Gasteiger partial charge in [0, 0.05) is 15.6 Å². The van der Waals surface area contributed by atoms with E-state index in [-0.39, 0.29) is 5.82 Å². The summed E-state index contributed by atoms with van der Waals surface area (Å²) in [5.74, 6) is 5.85. The monoisotopic (exact) mass is 316 g/mol. The number of rotatable bonds is 2. The Balaban J connectivity index is 2.20. The van der Waals surface area contributed by atoms with Crippen molar-refractivity contribution in [3.05, 3.63) is 69.4 Å². The van der Waals surface area contributed by atoms with Gasteiger partial charge in [-0.25, -0.2) is 4.39 Å². The van der Waals surface area contributed by atoms with Crippen molar-refractivity contribution in [3.63, 3.8) is 0 Å². The van der Waals surface area contributed by atoms with E-state index in [2.05, 4.69) is 27.8 Å². The van der Waals surface area contributed by atoms with Crippen LogP contribution in [0.5, 0.6) is 0 Å². The average Bonchev–Trinajstić information content (AvgIpc) is 2.41. The van der Waals surface area contributed by atoms with Gasteiger partial charge < -0.3 is 0 Å². The van der Waals surface area contributed by atoms with Gasteiger partial charge >= 0.3 is 0 Å². The van der Waals surface area contributed by atoms with Crippen molar-refractivity contribution in [2.24, 2.45) is 0 Å². The van der Waals surface area contributed by atoms with Crippen LogP contribution in [0.15, 0.2) is 46.9 Å². The molecule has 0 atom stereocenters. The second kappa shape index (κ2) is 6.54. The number of aryl methyl sites for hydroxylation is 1. The van der Waals surface area contributed by atoms with E-state index in [0.717, 1.165) is 28.4 Å². The van der Waals surface area contributed by atoms with Gasteiger partial charge in [-0.1, -0.05) is 47.2 Å². The Labute approximate surface area is 121 Å². The SMILES string of the molecule is CCCc1ccc(C#Cc2ccc(Br)cc2)cc1F. The first-order valence-electron chi connectivity index (χ1n) is 6.25. The molecule has 0 unspecified atom stereocenters. The van der Waals surface area contributed by atoms with E-state index in [0.29, 0.717) is 5.56 Å². The molecule has 0 amide bonds. The zero-order valence-electron chi connectivity index (χ0n) is 10.7. The summed E-state index contributed by atoms with van der Waals surface area (Å²) in [6.07, 6.45) is 1.72. The lowest BCUT2D eigenvalue weighted by atomic mass is 10.1. The molecule has 0 radical (unpaired) electrons. The van der Waals surface area contributed by atoms with Crippen molar-refractivity contribution < 1.29 is 4.39 Å². The molecule has 2 aromatic carbocycles. The summed E-state index contributed by atoms with van der Waals surface area (Å²) >= 11 is 3.38. The fourth-order valence-corrected chi connectivity index (χ4v) is 2.04. The largest absolute Gasteiger partial charge is 0.207 e. The van der Waals surface area contributed by atoms with Crippen molar-refractivity contribution in [1.29, 1.82) is 0 Å². The summed E-state index contributed by atoms with van der Waals surface area (Å²) in [6, 6.07) is 12.9. The Kier molecular flexibility index (Phi) is 4.76. The summed E-state index contributed by atoms with van der Waals surface area (Å²) < 4.78 is 14.8. The molecule has 0 aliphatic heterocycles. The minimum atomic E-state index is -0.163. The van der Waals surface area contributed by atoms with Gasteiger partial charge in [-0.3, -0.25) is 0 Å². The summed E-state index contributed by atoms with van der Waals surface area (Å²) in [5, 5.41) is 0. The summed E-state index contributed by atoms with van der Waals surface area (Å²) in [7, 11) is 0. The minimum absolute atomic E-state index is 0.163. The van der Waals surface area contributed by atoms with E-state index in [1.54, 1.807) is 0 Å². The van der Waals surface area contributed by atoms with Gasteiger partial charge in [0.1, 0.15) is 5.82 Å². The van der Waals surface area contributed by atoms with Crippen molar-refractivity contribution in [3.8, 4) is 11.8 Å². The molecule has 0 spiro atoms. The fourth-order valence-electron chi connectivity index (χ4n) is 1.77. The molecule has 0 heterocycles. The van der Waals surface area contributed by atoms with Gasteiger partial charge in [-0.05, 0) is 48.4 Å². The lowest BCUT2D eigenvalue weighted by molar-refractivity contribution is 0.607. The second-order valence-corrected chi connectivity index (χ2v) is 5.23. The first-order valence-corrected chi connectivity index (χ1v) is 7.04. The molecule has 0 bridgehead atoms. The predicted octanol–water partition coefficient (Wildman–Crippen LogP) is 4.94. The number of benzene rings is 2. The molecule has 2 rings (SSSR count). The van der Waals surface area contributed by atoms with Crippen molar-refractivity contribution >= 4 is 15.9 Å². The predicted molar refractivity (Wildman–Crippen MR) is 80.5 cm³/mol. The quantitative estimate of drug-likeness (QED) is 0.688. The van der Waals surface area contributed by atoms with Crippen LogP contribution < -0.4 is 0 Å². The van der Waals surface area contributed by atoms with Crippen molar-refractivity contribution in [2.45, 2.75) is 19.8 Å². The molecule has 96 valence electrons.